The Morgan fingerprint density at radius 3 is 3.10 bits per heavy atom. The van der Waals surface area contributed by atoms with Gasteiger partial charge in [0.05, 0.1) is 5.69 Å². The maximum atomic E-state index is 12.4. The summed E-state index contributed by atoms with van der Waals surface area (Å²) in [6, 6.07) is 2.32. The molecule has 1 unspecified atom stereocenters. The molecule has 106 valence electrons. The molecule has 0 saturated carbocycles. The van der Waals surface area contributed by atoms with E-state index >= 15 is 0 Å². The number of nitrogens with zero attached hydrogens (tertiary/aromatic N) is 2. The van der Waals surface area contributed by atoms with E-state index in [4.69, 9.17) is 0 Å². The molecule has 1 atom stereocenters. The van der Waals surface area contributed by atoms with Crippen molar-refractivity contribution in [1.82, 2.24) is 15.1 Å². The predicted octanol–water partition coefficient (Wildman–Crippen LogP) is 2.78. The third kappa shape index (κ3) is 2.06. The molecular formula is C15H19N3OS. The predicted molar refractivity (Wildman–Crippen MR) is 81.1 cm³/mol. The van der Waals surface area contributed by atoms with Gasteiger partial charge in [0.25, 0.3) is 5.91 Å². The zero-order chi connectivity index (χ0) is 14.3. The Hall–Kier alpha value is -1.62. The molecule has 0 aromatic carbocycles. The number of carbonyl (C=O) groups is 1. The maximum absolute atomic E-state index is 12.4. The quantitative estimate of drug-likeness (QED) is 0.944. The number of aryl methyl sites for hydroxylation is 2. The lowest BCUT2D eigenvalue weighted by atomic mass is 9.94. The highest BCUT2D eigenvalue weighted by atomic mass is 32.1. The molecular weight excluding hydrogens is 270 g/mol. The topological polar surface area (TPSA) is 46.9 Å². The molecule has 0 aliphatic heterocycles. The van der Waals surface area contributed by atoms with Crippen LogP contribution in [0.2, 0.25) is 0 Å². The van der Waals surface area contributed by atoms with Gasteiger partial charge in [-0.1, -0.05) is 6.92 Å². The van der Waals surface area contributed by atoms with Crippen LogP contribution in [0, 0.1) is 0 Å². The lowest BCUT2D eigenvalue weighted by Crippen LogP contribution is -2.33. The van der Waals surface area contributed by atoms with Crippen LogP contribution in [0.15, 0.2) is 11.4 Å². The van der Waals surface area contributed by atoms with Crippen molar-refractivity contribution in [2.24, 2.45) is 7.05 Å². The maximum Gasteiger partial charge on any atom is 0.272 e. The van der Waals surface area contributed by atoms with Crippen molar-refractivity contribution >= 4 is 17.2 Å². The highest BCUT2D eigenvalue weighted by molar-refractivity contribution is 7.10. The number of hydrogen-bond donors (Lipinski definition) is 1. The molecule has 0 radical (unpaired) electrons. The van der Waals surface area contributed by atoms with Gasteiger partial charge in [-0.3, -0.25) is 9.48 Å². The Bertz CT molecular complexity index is 656. The molecule has 20 heavy (non-hydrogen) atoms. The Morgan fingerprint density at radius 2 is 2.35 bits per heavy atom. The zero-order valence-corrected chi connectivity index (χ0v) is 12.9. The van der Waals surface area contributed by atoms with Gasteiger partial charge in [-0.2, -0.15) is 5.10 Å². The van der Waals surface area contributed by atoms with E-state index in [2.05, 4.69) is 28.8 Å². The number of rotatable bonds is 3. The van der Waals surface area contributed by atoms with Crippen LogP contribution in [0.5, 0.6) is 0 Å². The van der Waals surface area contributed by atoms with Gasteiger partial charge in [0.1, 0.15) is 0 Å². The van der Waals surface area contributed by atoms with Crippen LogP contribution >= 0.6 is 11.3 Å². The summed E-state index contributed by atoms with van der Waals surface area (Å²) in [5.41, 5.74) is 4.05. The van der Waals surface area contributed by atoms with Crippen LogP contribution in [0.25, 0.3) is 11.3 Å². The Kier molecular flexibility index (Phi) is 3.38. The van der Waals surface area contributed by atoms with Crippen LogP contribution in [-0.4, -0.2) is 21.7 Å². The van der Waals surface area contributed by atoms with Gasteiger partial charge in [-0.05, 0) is 37.6 Å². The van der Waals surface area contributed by atoms with Crippen molar-refractivity contribution in [1.29, 1.82) is 0 Å². The largest absolute Gasteiger partial charge is 0.348 e. The number of nitrogens with one attached hydrogen (secondary N) is 1. The first-order chi connectivity index (χ1) is 9.61. The van der Waals surface area contributed by atoms with Crippen molar-refractivity contribution in [3.05, 3.63) is 27.6 Å². The number of hydrogen-bond acceptors (Lipinski definition) is 3. The normalized spacial score (nSPS) is 14.6. The molecule has 0 bridgehead atoms. The van der Waals surface area contributed by atoms with Gasteiger partial charge in [0.15, 0.2) is 5.69 Å². The third-order valence-corrected chi connectivity index (χ3v) is 4.93. The van der Waals surface area contributed by atoms with E-state index in [9.17, 15) is 4.79 Å². The first-order valence-electron chi connectivity index (χ1n) is 7.05. The monoisotopic (exact) mass is 289 g/mol. The summed E-state index contributed by atoms with van der Waals surface area (Å²) in [6.07, 6.45) is 2.84. The summed E-state index contributed by atoms with van der Waals surface area (Å²) in [5.74, 6) is -0.0464. The fourth-order valence-corrected chi connectivity index (χ4v) is 3.58. The lowest BCUT2D eigenvalue weighted by Gasteiger charge is -2.14. The summed E-state index contributed by atoms with van der Waals surface area (Å²) in [7, 11) is 1.92. The van der Waals surface area contributed by atoms with Crippen LogP contribution in [-0.2, 0) is 19.9 Å². The first kappa shape index (κ1) is 13.4. The molecule has 4 nitrogen and oxygen atoms in total. The number of aromatic nitrogens is 2. The average Bonchev–Trinajstić information content (AvgIpc) is 3.02. The van der Waals surface area contributed by atoms with Crippen LogP contribution in [0.1, 0.15) is 41.2 Å². The van der Waals surface area contributed by atoms with E-state index in [0.29, 0.717) is 5.69 Å². The minimum absolute atomic E-state index is 0.0464. The van der Waals surface area contributed by atoms with E-state index in [1.54, 1.807) is 11.3 Å². The lowest BCUT2D eigenvalue weighted by molar-refractivity contribution is 0.0932. The summed E-state index contributed by atoms with van der Waals surface area (Å²) < 4.78 is 1.85. The number of carbonyl (C=O) groups excluding carboxylic acids is 1. The second-order valence-corrected chi connectivity index (χ2v) is 6.34. The molecule has 2 aromatic heterocycles. The molecule has 2 heterocycles. The summed E-state index contributed by atoms with van der Waals surface area (Å²) in [5, 5.41) is 9.60. The van der Waals surface area contributed by atoms with Gasteiger partial charge in [-0.25, -0.2) is 0 Å². The minimum Gasteiger partial charge on any atom is -0.348 e. The molecule has 1 aliphatic carbocycles. The molecule has 5 heteroatoms. The van der Waals surface area contributed by atoms with E-state index in [0.717, 1.165) is 30.5 Å². The van der Waals surface area contributed by atoms with E-state index in [1.807, 2.05) is 18.7 Å². The van der Waals surface area contributed by atoms with Crippen molar-refractivity contribution in [2.75, 3.05) is 0 Å². The summed E-state index contributed by atoms with van der Waals surface area (Å²) in [6.45, 7) is 4.08. The van der Waals surface area contributed by atoms with Crippen molar-refractivity contribution in [3.63, 3.8) is 0 Å². The van der Waals surface area contributed by atoms with Crippen LogP contribution in [0.4, 0.5) is 0 Å². The van der Waals surface area contributed by atoms with Crippen molar-refractivity contribution in [2.45, 2.75) is 39.2 Å². The minimum atomic E-state index is -0.0464. The number of amides is 1. The summed E-state index contributed by atoms with van der Waals surface area (Å²) in [4.78, 5) is 13.8. The van der Waals surface area contributed by atoms with Gasteiger partial charge < -0.3 is 5.32 Å². The second kappa shape index (κ2) is 5.05. The van der Waals surface area contributed by atoms with Gasteiger partial charge in [-0.15, -0.1) is 11.3 Å². The van der Waals surface area contributed by atoms with Gasteiger partial charge in [0, 0.05) is 29.1 Å². The third-order valence-electron chi connectivity index (χ3n) is 3.95. The molecule has 1 aliphatic rings. The van der Waals surface area contributed by atoms with E-state index < -0.39 is 0 Å². The van der Waals surface area contributed by atoms with E-state index in [1.165, 1.54) is 10.4 Å². The second-order valence-electron chi connectivity index (χ2n) is 5.34. The highest BCUT2D eigenvalue weighted by Crippen LogP contribution is 2.37. The van der Waals surface area contributed by atoms with Crippen molar-refractivity contribution < 1.29 is 4.79 Å². The van der Waals surface area contributed by atoms with Gasteiger partial charge >= 0.3 is 0 Å². The van der Waals surface area contributed by atoms with Crippen LogP contribution < -0.4 is 5.32 Å². The Morgan fingerprint density at radius 1 is 1.55 bits per heavy atom. The molecule has 0 spiro atoms. The molecule has 3 rings (SSSR count). The average molecular weight is 289 g/mol. The fraction of sp³-hybridized carbons (Fsp3) is 0.467. The molecule has 2 aromatic rings. The number of fused-ring (bicyclic) bond motifs is 3. The van der Waals surface area contributed by atoms with Crippen LogP contribution in [0.3, 0.4) is 0 Å². The van der Waals surface area contributed by atoms with Crippen molar-refractivity contribution in [3.8, 4) is 11.3 Å². The van der Waals surface area contributed by atoms with Gasteiger partial charge in [0.2, 0.25) is 0 Å². The Balaban J connectivity index is 2.01. The Labute approximate surface area is 122 Å². The fourth-order valence-electron chi connectivity index (χ4n) is 2.70. The highest BCUT2D eigenvalue weighted by Gasteiger charge is 2.28. The summed E-state index contributed by atoms with van der Waals surface area (Å²) >= 11 is 1.79. The molecule has 0 saturated heterocycles. The number of thiophene rings is 1. The molecule has 0 fully saturated rings. The first-order valence-corrected chi connectivity index (χ1v) is 7.93. The smallest absolute Gasteiger partial charge is 0.272 e. The molecule has 1 amide bonds. The SMILES string of the molecule is CCC(C)NC(=O)c1nn(C)c2c1CCc1sccc1-2. The standard InChI is InChI=1S/C15H19N3OS/c1-4-9(2)16-15(19)13-11-5-6-12-10(7-8-20-12)14(11)18(3)17-13/h7-9H,4-6H2,1-3H3,(H,16,19). The zero-order valence-electron chi connectivity index (χ0n) is 12.1. The van der Waals surface area contributed by atoms with E-state index in [-0.39, 0.29) is 11.9 Å². The molecule has 1 N–H and O–H groups in total.